The third kappa shape index (κ3) is 3.38. The molecule has 0 aliphatic heterocycles. The fourth-order valence-electron chi connectivity index (χ4n) is 2.38. The van der Waals surface area contributed by atoms with Crippen molar-refractivity contribution in [1.82, 2.24) is 5.32 Å². The second-order valence-electron chi connectivity index (χ2n) is 5.51. The predicted molar refractivity (Wildman–Crippen MR) is 89.5 cm³/mol. The van der Waals surface area contributed by atoms with Gasteiger partial charge in [-0.1, -0.05) is 48.3 Å². The van der Waals surface area contributed by atoms with Crippen molar-refractivity contribution in [3.63, 3.8) is 0 Å². The molecule has 1 aromatic carbocycles. The molecule has 2 aromatic rings. The van der Waals surface area contributed by atoms with Gasteiger partial charge in [-0.3, -0.25) is 0 Å². The van der Waals surface area contributed by atoms with Crippen LogP contribution in [0.15, 0.2) is 21.0 Å². The number of furan rings is 1. The molecular weight excluding hydrogens is 338 g/mol. The van der Waals surface area contributed by atoms with E-state index in [1.807, 2.05) is 12.1 Å². The molecule has 0 aliphatic carbocycles. The van der Waals surface area contributed by atoms with Gasteiger partial charge in [0.1, 0.15) is 5.76 Å². The van der Waals surface area contributed by atoms with Crippen LogP contribution in [0.25, 0.3) is 11.0 Å². The minimum atomic E-state index is 0.576. The van der Waals surface area contributed by atoms with Crippen LogP contribution in [0.3, 0.4) is 0 Å². The van der Waals surface area contributed by atoms with Gasteiger partial charge in [-0.05, 0) is 37.4 Å². The Kier molecular flexibility index (Phi) is 5.53. The molecule has 1 N–H and O–H groups in total. The Morgan fingerprint density at radius 1 is 1.35 bits per heavy atom. The lowest BCUT2D eigenvalue weighted by Crippen LogP contribution is -2.14. The summed E-state index contributed by atoms with van der Waals surface area (Å²) in [5.41, 5.74) is 2.07. The Bertz CT molecular complexity index is 592. The fourth-order valence-corrected chi connectivity index (χ4v) is 3.13. The molecule has 2 rings (SSSR count). The normalized spacial score (nSPS) is 11.7. The lowest BCUT2D eigenvalue weighted by Gasteiger charge is -2.07. The zero-order valence-electron chi connectivity index (χ0n) is 12.2. The van der Waals surface area contributed by atoms with E-state index in [-0.39, 0.29) is 0 Å². The Morgan fingerprint density at radius 3 is 2.75 bits per heavy atom. The standard InChI is InChI=1S/C16H21BrClNO/c1-4-7-19-9-14-11(8-10(2)3)15-12(17)5-6-13(18)16(15)20-14/h5-6,10,19H,4,7-9H2,1-3H3. The summed E-state index contributed by atoms with van der Waals surface area (Å²) < 4.78 is 7.09. The Hall–Kier alpha value is -0.510. The van der Waals surface area contributed by atoms with Gasteiger partial charge in [0.15, 0.2) is 5.58 Å². The molecule has 0 fully saturated rings. The van der Waals surface area contributed by atoms with Crippen LogP contribution in [-0.4, -0.2) is 6.54 Å². The molecule has 4 heteroatoms. The van der Waals surface area contributed by atoms with Crippen LogP contribution in [0.2, 0.25) is 5.02 Å². The molecule has 110 valence electrons. The van der Waals surface area contributed by atoms with Crippen LogP contribution in [-0.2, 0) is 13.0 Å². The molecule has 0 bridgehead atoms. The summed E-state index contributed by atoms with van der Waals surface area (Å²) in [6.45, 7) is 8.36. The number of rotatable bonds is 6. The third-order valence-corrected chi connectivity index (χ3v) is 4.21. The first kappa shape index (κ1) is 15.9. The summed E-state index contributed by atoms with van der Waals surface area (Å²) in [5.74, 6) is 1.59. The lowest BCUT2D eigenvalue weighted by atomic mass is 10.00. The van der Waals surface area contributed by atoms with E-state index in [4.69, 9.17) is 16.0 Å². The van der Waals surface area contributed by atoms with Crippen molar-refractivity contribution < 1.29 is 4.42 Å². The van der Waals surface area contributed by atoms with Crippen molar-refractivity contribution in [2.75, 3.05) is 6.54 Å². The molecule has 0 radical (unpaired) electrons. The summed E-state index contributed by atoms with van der Waals surface area (Å²) in [6.07, 6.45) is 2.11. The van der Waals surface area contributed by atoms with Crippen molar-refractivity contribution in [2.24, 2.45) is 5.92 Å². The maximum absolute atomic E-state index is 6.28. The number of halogens is 2. The minimum Gasteiger partial charge on any atom is -0.458 e. The number of fused-ring (bicyclic) bond motifs is 1. The summed E-state index contributed by atoms with van der Waals surface area (Å²) in [4.78, 5) is 0. The lowest BCUT2D eigenvalue weighted by molar-refractivity contribution is 0.501. The molecular formula is C16H21BrClNO. The van der Waals surface area contributed by atoms with E-state index in [2.05, 4.69) is 42.0 Å². The van der Waals surface area contributed by atoms with E-state index in [1.165, 1.54) is 5.56 Å². The van der Waals surface area contributed by atoms with Crippen LogP contribution in [0.4, 0.5) is 0 Å². The second kappa shape index (κ2) is 6.97. The van der Waals surface area contributed by atoms with Crippen LogP contribution in [0.1, 0.15) is 38.5 Å². The van der Waals surface area contributed by atoms with Gasteiger partial charge in [-0.2, -0.15) is 0 Å². The van der Waals surface area contributed by atoms with Crippen LogP contribution < -0.4 is 5.32 Å². The van der Waals surface area contributed by atoms with Gasteiger partial charge in [-0.25, -0.2) is 0 Å². The summed E-state index contributed by atoms with van der Waals surface area (Å²) >= 11 is 9.91. The highest BCUT2D eigenvalue weighted by molar-refractivity contribution is 9.10. The average Bonchev–Trinajstić information content (AvgIpc) is 2.74. The zero-order chi connectivity index (χ0) is 14.7. The van der Waals surface area contributed by atoms with Crippen LogP contribution in [0.5, 0.6) is 0 Å². The SMILES string of the molecule is CCCNCc1oc2c(Cl)ccc(Br)c2c1CC(C)C. The van der Waals surface area contributed by atoms with Gasteiger partial charge in [0.05, 0.1) is 11.6 Å². The van der Waals surface area contributed by atoms with E-state index in [0.717, 1.165) is 47.1 Å². The smallest absolute Gasteiger partial charge is 0.154 e. The topological polar surface area (TPSA) is 25.2 Å². The van der Waals surface area contributed by atoms with Gasteiger partial charge in [0.2, 0.25) is 0 Å². The summed E-state index contributed by atoms with van der Waals surface area (Å²) in [6, 6.07) is 3.87. The van der Waals surface area contributed by atoms with E-state index in [9.17, 15) is 0 Å². The minimum absolute atomic E-state index is 0.576. The number of benzene rings is 1. The van der Waals surface area contributed by atoms with Crippen LogP contribution >= 0.6 is 27.5 Å². The highest BCUT2D eigenvalue weighted by atomic mass is 79.9. The number of nitrogens with one attached hydrogen (secondary N) is 1. The maximum Gasteiger partial charge on any atom is 0.154 e. The van der Waals surface area contributed by atoms with Crippen molar-refractivity contribution in [3.8, 4) is 0 Å². The molecule has 0 spiro atoms. The van der Waals surface area contributed by atoms with E-state index >= 15 is 0 Å². The molecule has 0 amide bonds. The molecule has 0 saturated heterocycles. The highest BCUT2D eigenvalue weighted by Crippen LogP contribution is 2.37. The maximum atomic E-state index is 6.28. The monoisotopic (exact) mass is 357 g/mol. The van der Waals surface area contributed by atoms with Crippen molar-refractivity contribution in [3.05, 3.63) is 33.0 Å². The second-order valence-corrected chi connectivity index (χ2v) is 6.77. The van der Waals surface area contributed by atoms with E-state index < -0.39 is 0 Å². The van der Waals surface area contributed by atoms with E-state index in [0.29, 0.717) is 10.9 Å². The first-order valence-corrected chi connectivity index (χ1v) is 8.30. The summed E-state index contributed by atoms with van der Waals surface area (Å²) in [5, 5.41) is 5.21. The molecule has 2 nitrogen and oxygen atoms in total. The van der Waals surface area contributed by atoms with Gasteiger partial charge in [0, 0.05) is 15.4 Å². The largest absolute Gasteiger partial charge is 0.458 e. The van der Waals surface area contributed by atoms with Gasteiger partial charge < -0.3 is 9.73 Å². The first-order valence-electron chi connectivity index (χ1n) is 7.13. The Balaban J connectivity index is 2.49. The molecule has 1 aromatic heterocycles. The fraction of sp³-hybridized carbons (Fsp3) is 0.500. The van der Waals surface area contributed by atoms with Gasteiger partial charge in [0.25, 0.3) is 0 Å². The first-order chi connectivity index (χ1) is 9.54. The quantitative estimate of drug-likeness (QED) is 0.685. The number of hydrogen-bond donors (Lipinski definition) is 1. The predicted octanol–water partition coefficient (Wildman–Crippen LogP) is 5.55. The zero-order valence-corrected chi connectivity index (χ0v) is 14.6. The summed E-state index contributed by atoms with van der Waals surface area (Å²) in [7, 11) is 0. The molecule has 0 unspecified atom stereocenters. The average molecular weight is 359 g/mol. The Morgan fingerprint density at radius 2 is 2.10 bits per heavy atom. The Labute approximate surface area is 134 Å². The van der Waals surface area contributed by atoms with Crippen molar-refractivity contribution >= 4 is 38.5 Å². The van der Waals surface area contributed by atoms with Crippen molar-refractivity contribution in [2.45, 2.75) is 40.2 Å². The third-order valence-electron chi connectivity index (χ3n) is 3.25. The molecule has 0 atom stereocenters. The van der Waals surface area contributed by atoms with Crippen molar-refractivity contribution in [1.29, 1.82) is 0 Å². The van der Waals surface area contributed by atoms with E-state index in [1.54, 1.807) is 0 Å². The molecule has 1 heterocycles. The highest BCUT2D eigenvalue weighted by Gasteiger charge is 2.19. The molecule has 0 aliphatic rings. The van der Waals surface area contributed by atoms with Crippen LogP contribution in [0, 0.1) is 5.92 Å². The molecule has 20 heavy (non-hydrogen) atoms. The van der Waals surface area contributed by atoms with Gasteiger partial charge >= 0.3 is 0 Å². The molecule has 0 saturated carbocycles. The van der Waals surface area contributed by atoms with Gasteiger partial charge in [-0.15, -0.1) is 0 Å². The number of hydrogen-bond acceptors (Lipinski definition) is 2.